The fourth-order valence-electron chi connectivity index (χ4n) is 1.57. The summed E-state index contributed by atoms with van der Waals surface area (Å²) in [6.45, 7) is 0. The molecule has 0 unspecified atom stereocenters. The highest BCUT2D eigenvalue weighted by atomic mass is 16.4. The number of nitrogens with two attached hydrogens (primary N) is 1. The number of rotatable bonds is 4. The fraction of sp³-hybridized carbons (Fsp3) is 0.154. The highest BCUT2D eigenvalue weighted by Crippen LogP contribution is 2.15. The van der Waals surface area contributed by atoms with Crippen LogP contribution in [0.15, 0.2) is 42.9 Å². The molecule has 0 aliphatic heterocycles. The zero-order valence-corrected chi connectivity index (χ0v) is 9.65. The largest absolute Gasteiger partial charge is 0.480 e. The van der Waals surface area contributed by atoms with E-state index in [4.69, 9.17) is 10.8 Å². The van der Waals surface area contributed by atoms with Gasteiger partial charge in [-0.3, -0.25) is 14.8 Å². The van der Waals surface area contributed by atoms with Crippen molar-refractivity contribution in [1.82, 2.24) is 9.97 Å². The van der Waals surface area contributed by atoms with Crippen LogP contribution in [-0.4, -0.2) is 27.1 Å². The minimum atomic E-state index is -1.01. The SMILES string of the molecule is N[C@@H](Cc1ccc(-c2cccnc2)nc1)C(=O)O. The Labute approximate surface area is 104 Å². The van der Waals surface area contributed by atoms with E-state index in [-0.39, 0.29) is 6.42 Å². The summed E-state index contributed by atoms with van der Waals surface area (Å²) in [4.78, 5) is 18.9. The van der Waals surface area contributed by atoms with Crippen molar-refractivity contribution in [3.8, 4) is 11.3 Å². The van der Waals surface area contributed by atoms with Gasteiger partial charge >= 0.3 is 5.97 Å². The van der Waals surface area contributed by atoms with Gasteiger partial charge in [0.05, 0.1) is 5.69 Å². The van der Waals surface area contributed by atoms with Crippen LogP contribution in [0, 0.1) is 0 Å². The van der Waals surface area contributed by atoms with E-state index in [1.54, 1.807) is 18.6 Å². The highest BCUT2D eigenvalue weighted by Gasteiger charge is 2.12. The van der Waals surface area contributed by atoms with Crippen molar-refractivity contribution in [2.75, 3.05) is 0 Å². The second-order valence-electron chi connectivity index (χ2n) is 3.94. The number of carbonyl (C=O) groups is 1. The second-order valence-corrected chi connectivity index (χ2v) is 3.94. The number of pyridine rings is 2. The van der Waals surface area contributed by atoms with E-state index in [1.165, 1.54) is 0 Å². The molecular formula is C13H13N3O2. The van der Waals surface area contributed by atoms with Crippen molar-refractivity contribution in [1.29, 1.82) is 0 Å². The summed E-state index contributed by atoms with van der Waals surface area (Å²) in [5, 5.41) is 8.72. The first kappa shape index (κ1) is 12.2. The maximum atomic E-state index is 10.6. The first-order valence-corrected chi connectivity index (χ1v) is 5.50. The molecule has 92 valence electrons. The third-order valence-corrected chi connectivity index (χ3v) is 2.55. The summed E-state index contributed by atoms with van der Waals surface area (Å²) >= 11 is 0. The molecule has 2 aromatic rings. The van der Waals surface area contributed by atoms with Crippen LogP contribution in [0.2, 0.25) is 0 Å². The van der Waals surface area contributed by atoms with Crippen molar-refractivity contribution < 1.29 is 9.90 Å². The minimum absolute atomic E-state index is 0.273. The van der Waals surface area contributed by atoms with Crippen LogP contribution in [0.4, 0.5) is 0 Å². The van der Waals surface area contributed by atoms with E-state index in [1.807, 2.05) is 24.3 Å². The second kappa shape index (κ2) is 5.37. The average molecular weight is 243 g/mol. The Hall–Kier alpha value is -2.27. The van der Waals surface area contributed by atoms with Crippen LogP contribution in [0.5, 0.6) is 0 Å². The van der Waals surface area contributed by atoms with Gasteiger partial charge in [0.15, 0.2) is 0 Å². The molecule has 3 N–H and O–H groups in total. The van der Waals surface area contributed by atoms with Crippen molar-refractivity contribution in [3.63, 3.8) is 0 Å². The lowest BCUT2D eigenvalue weighted by atomic mass is 10.1. The Kier molecular flexibility index (Phi) is 3.64. The van der Waals surface area contributed by atoms with E-state index in [0.29, 0.717) is 0 Å². The quantitative estimate of drug-likeness (QED) is 0.839. The van der Waals surface area contributed by atoms with Gasteiger partial charge in [-0.15, -0.1) is 0 Å². The molecular weight excluding hydrogens is 230 g/mol. The molecule has 0 amide bonds. The normalized spacial score (nSPS) is 12.1. The van der Waals surface area contributed by atoms with Crippen molar-refractivity contribution >= 4 is 5.97 Å². The van der Waals surface area contributed by atoms with Crippen LogP contribution in [-0.2, 0) is 11.2 Å². The third kappa shape index (κ3) is 2.89. The first-order chi connectivity index (χ1) is 8.66. The summed E-state index contributed by atoms with van der Waals surface area (Å²) < 4.78 is 0. The predicted octanol–water partition coefficient (Wildman–Crippen LogP) is 1.10. The summed E-state index contributed by atoms with van der Waals surface area (Å²) in [6.07, 6.45) is 5.34. The van der Waals surface area contributed by atoms with Crippen LogP contribution >= 0.6 is 0 Å². The Balaban J connectivity index is 2.13. The summed E-state index contributed by atoms with van der Waals surface area (Å²) in [5.74, 6) is -1.01. The van der Waals surface area contributed by atoms with E-state index in [0.717, 1.165) is 16.8 Å². The maximum Gasteiger partial charge on any atom is 0.320 e. The lowest BCUT2D eigenvalue weighted by molar-refractivity contribution is -0.138. The van der Waals surface area contributed by atoms with Gasteiger partial charge in [0.25, 0.3) is 0 Å². The molecule has 0 spiro atoms. The number of aromatic nitrogens is 2. The maximum absolute atomic E-state index is 10.6. The minimum Gasteiger partial charge on any atom is -0.480 e. The number of carboxylic acids is 1. The monoisotopic (exact) mass is 243 g/mol. The number of nitrogens with zero attached hydrogens (tertiary/aromatic N) is 2. The summed E-state index contributed by atoms with van der Waals surface area (Å²) in [6, 6.07) is 6.53. The van der Waals surface area contributed by atoms with Crippen molar-refractivity contribution in [2.24, 2.45) is 5.73 Å². The number of aliphatic carboxylic acids is 1. The van der Waals surface area contributed by atoms with Crippen molar-refractivity contribution in [3.05, 3.63) is 48.4 Å². The molecule has 0 saturated heterocycles. The van der Waals surface area contributed by atoms with Gasteiger partial charge in [-0.2, -0.15) is 0 Å². The zero-order valence-electron chi connectivity index (χ0n) is 9.65. The van der Waals surface area contributed by atoms with Crippen LogP contribution in [0.1, 0.15) is 5.56 Å². The van der Waals surface area contributed by atoms with Gasteiger partial charge in [-0.25, -0.2) is 0 Å². The van der Waals surface area contributed by atoms with Gasteiger partial charge in [-0.05, 0) is 30.2 Å². The van der Waals surface area contributed by atoms with Gasteiger partial charge in [0.2, 0.25) is 0 Å². The van der Waals surface area contributed by atoms with E-state index < -0.39 is 12.0 Å². The number of carboxylic acid groups (broad SMARTS) is 1. The molecule has 0 aliphatic carbocycles. The van der Waals surface area contributed by atoms with Crippen molar-refractivity contribution in [2.45, 2.75) is 12.5 Å². The molecule has 0 aromatic carbocycles. The van der Waals surface area contributed by atoms with Crippen LogP contribution in [0.25, 0.3) is 11.3 Å². The highest BCUT2D eigenvalue weighted by molar-refractivity contribution is 5.73. The molecule has 5 heteroatoms. The van der Waals surface area contributed by atoms with Gasteiger partial charge in [0, 0.05) is 24.2 Å². The molecule has 0 fully saturated rings. The number of hydrogen-bond acceptors (Lipinski definition) is 4. The van der Waals surface area contributed by atoms with E-state index in [2.05, 4.69) is 9.97 Å². The molecule has 0 saturated carbocycles. The molecule has 2 aromatic heterocycles. The molecule has 2 heterocycles. The smallest absolute Gasteiger partial charge is 0.320 e. The lowest BCUT2D eigenvalue weighted by Crippen LogP contribution is -2.32. The van der Waals surface area contributed by atoms with Gasteiger partial charge in [-0.1, -0.05) is 6.07 Å². The fourth-order valence-corrected chi connectivity index (χ4v) is 1.57. The predicted molar refractivity (Wildman–Crippen MR) is 66.8 cm³/mol. The molecule has 18 heavy (non-hydrogen) atoms. The summed E-state index contributed by atoms with van der Waals surface area (Å²) in [5.41, 5.74) is 7.99. The zero-order chi connectivity index (χ0) is 13.0. The Morgan fingerprint density at radius 2 is 2.17 bits per heavy atom. The summed E-state index contributed by atoms with van der Waals surface area (Å²) in [7, 11) is 0. The molecule has 0 aliphatic rings. The Morgan fingerprint density at radius 3 is 2.72 bits per heavy atom. The Bertz CT molecular complexity index is 526. The van der Waals surface area contributed by atoms with E-state index in [9.17, 15) is 4.79 Å². The first-order valence-electron chi connectivity index (χ1n) is 5.50. The third-order valence-electron chi connectivity index (χ3n) is 2.55. The number of hydrogen-bond donors (Lipinski definition) is 2. The Morgan fingerprint density at radius 1 is 1.33 bits per heavy atom. The standard InChI is InChI=1S/C13H13N3O2/c14-11(13(17)18)6-9-3-4-12(16-7-9)10-2-1-5-15-8-10/h1-5,7-8,11H,6,14H2,(H,17,18)/t11-/m0/s1. The van der Waals surface area contributed by atoms with Gasteiger partial charge < -0.3 is 10.8 Å². The van der Waals surface area contributed by atoms with Crippen LogP contribution < -0.4 is 5.73 Å². The lowest BCUT2D eigenvalue weighted by Gasteiger charge is -2.06. The average Bonchev–Trinajstić information content (AvgIpc) is 2.40. The topological polar surface area (TPSA) is 89.1 Å². The van der Waals surface area contributed by atoms with Gasteiger partial charge in [0.1, 0.15) is 6.04 Å². The van der Waals surface area contributed by atoms with Crippen LogP contribution in [0.3, 0.4) is 0 Å². The molecule has 2 rings (SSSR count). The molecule has 0 radical (unpaired) electrons. The van der Waals surface area contributed by atoms with E-state index >= 15 is 0 Å². The molecule has 5 nitrogen and oxygen atoms in total. The molecule has 0 bridgehead atoms. The molecule has 1 atom stereocenters.